The van der Waals surface area contributed by atoms with Gasteiger partial charge < -0.3 is 5.32 Å². The molecule has 0 bridgehead atoms. The second-order valence-corrected chi connectivity index (χ2v) is 4.34. The Bertz CT molecular complexity index is 177. The van der Waals surface area contributed by atoms with Gasteiger partial charge in [-0.1, -0.05) is 26.7 Å². The van der Waals surface area contributed by atoms with Crippen molar-refractivity contribution in [1.82, 2.24) is 10.7 Å². The topological polar surface area (TPSA) is 62.4 Å². The third kappa shape index (κ3) is 8.24. The highest BCUT2D eigenvalue weighted by Crippen LogP contribution is 2.07. The third-order valence-corrected chi connectivity index (χ3v) is 2.25. The third-order valence-electron chi connectivity index (χ3n) is 2.25. The van der Waals surface area contributed by atoms with Crippen LogP contribution >= 0.6 is 0 Å². The lowest BCUT2D eigenvalue weighted by Gasteiger charge is -2.16. The van der Waals surface area contributed by atoms with Gasteiger partial charge in [-0.2, -0.15) is 0 Å². The summed E-state index contributed by atoms with van der Waals surface area (Å²) in [5.41, 5.74) is 2.57. The normalized spacial score (nSPS) is 14.1. The molecule has 90 valence electrons. The predicted octanol–water partition coefficient (Wildman–Crippen LogP) is 1.63. The second-order valence-electron chi connectivity index (χ2n) is 4.34. The lowest BCUT2D eigenvalue weighted by Crippen LogP contribution is -2.45. The Morgan fingerprint density at radius 3 is 2.40 bits per heavy atom. The van der Waals surface area contributed by atoms with Crippen LogP contribution in [0.15, 0.2) is 4.99 Å². The van der Waals surface area contributed by atoms with E-state index >= 15 is 0 Å². The average molecular weight is 214 g/mol. The van der Waals surface area contributed by atoms with Crippen LogP contribution in [0.5, 0.6) is 0 Å². The number of hydrazine groups is 1. The van der Waals surface area contributed by atoms with Crippen molar-refractivity contribution in [3.05, 3.63) is 0 Å². The predicted molar refractivity (Wildman–Crippen MR) is 66.6 cm³/mol. The van der Waals surface area contributed by atoms with E-state index in [1.165, 1.54) is 12.8 Å². The van der Waals surface area contributed by atoms with Crippen LogP contribution in [0, 0.1) is 5.92 Å². The van der Waals surface area contributed by atoms with E-state index in [4.69, 9.17) is 5.84 Å². The maximum atomic E-state index is 5.34. The van der Waals surface area contributed by atoms with Gasteiger partial charge in [-0.25, -0.2) is 5.84 Å². The molecule has 0 aliphatic heterocycles. The molecular weight excluding hydrogens is 188 g/mol. The van der Waals surface area contributed by atoms with E-state index in [1.807, 2.05) is 6.92 Å². The summed E-state index contributed by atoms with van der Waals surface area (Å²) in [6.45, 7) is 9.39. The smallest absolute Gasteiger partial charge is 0.205 e. The molecule has 0 fully saturated rings. The van der Waals surface area contributed by atoms with Crippen molar-refractivity contribution in [2.24, 2.45) is 16.8 Å². The molecule has 0 heterocycles. The lowest BCUT2D eigenvalue weighted by molar-refractivity contribution is 0.491. The minimum atomic E-state index is 0.421. The first-order valence-electron chi connectivity index (χ1n) is 5.87. The molecule has 0 aliphatic rings. The summed E-state index contributed by atoms with van der Waals surface area (Å²) in [5.74, 6) is 6.82. The summed E-state index contributed by atoms with van der Waals surface area (Å²) in [4.78, 5) is 4.20. The summed E-state index contributed by atoms with van der Waals surface area (Å²) in [7, 11) is 0. The van der Waals surface area contributed by atoms with Crippen molar-refractivity contribution in [1.29, 1.82) is 0 Å². The van der Waals surface area contributed by atoms with Crippen molar-refractivity contribution in [2.45, 2.75) is 53.0 Å². The van der Waals surface area contributed by atoms with Gasteiger partial charge in [-0.15, -0.1) is 0 Å². The summed E-state index contributed by atoms with van der Waals surface area (Å²) in [5, 5.41) is 3.26. The van der Waals surface area contributed by atoms with Gasteiger partial charge >= 0.3 is 0 Å². The van der Waals surface area contributed by atoms with Crippen LogP contribution < -0.4 is 16.6 Å². The van der Waals surface area contributed by atoms with E-state index in [1.54, 1.807) is 0 Å². The fourth-order valence-electron chi connectivity index (χ4n) is 1.43. The fraction of sp³-hybridized carbons (Fsp3) is 0.909. The van der Waals surface area contributed by atoms with E-state index in [2.05, 4.69) is 36.5 Å². The average Bonchev–Trinajstić information content (AvgIpc) is 2.16. The first-order chi connectivity index (χ1) is 7.10. The number of nitrogens with two attached hydrogens (primary N) is 1. The molecule has 0 saturated heterocycles. The van der Waals surface area contributed by atoms with Crippen LogP contribution in [-0.4, -0.2) is 18.5 Å². The molecule has 0 aromatic carbocycles. The van der Waals surface area contributed by atoms with Crippen molar-refractivity contribution in [3.63, 3.8) is 0 Å². The lowest BCUT2D eigenvalue weighted by atomic mass is 10.0. The van der Waals surface area contributed by atoms with Gasteiger partial charge in [0.1, 0.15) is 0 Å². The van der Waals surface area contributed by atoms with E-state index < -0.39 is 0 Å². The first kappa shape index (κ1) is 14.2. The Labute approximate surface area is 93.7 Å². The summed E-state index contributed by atoms with van der Waals surface area (Å²) in [6.07, 6.45) is 3.68. The van der Waals surface area contributed by atoms with Gasteiger partial charge in [0.2, 0.25) is 5.96 Å². The van der Waals surface area contributed by atoms with Gasteiger partial charge in [0, 0.05) is 12.6 Å². The van der Waals surface area contributed by atoms with E-state index in [-0.39, 0.29) is 0 Å². The molecule has 4 heteroatoms. The zero-order chi connectivity index (χ0) is 11.7. The van der Waals surface area contributed by atoms with Crippen molar-refractivity contribution < 1.29 is 0 Å². The van der Waals surface area contributed by atoms with Crippen molar-refractivity contribution in [2.75, 3.05) is 6.54 Å². The van der Waals surface area contributed by atoms with E-state index in [0.29, 0.717) is 12.0 Å². The Morgan fingerprint density at radius 1 is 1.27 bits per heavy atom. The number of aliphatic imine (C=N–C) groups is 1. The molecule has 0 radical (unpaired) electrons. The zero-order valence-corrected chi connectivity index (χ0v) is 10.5. The number of nitrogens with zero attached hydrogens (tertiary/aromatic N) is 1. The molecule has 0 aliphatic carbocycles. The molecule has 0 spiro atoms. The molecular formula is C11H26N4. The molecule has 0 aromatic rings. The maximum Gasteiger partial charge on any atom is 0.205 e. The first-order valence-corrected chi connectivity index (χ1v) is 5.87. The SMILES string of the molecule is CCN=C(NN)NC(C)CCCC(C)C. The standard InChI is InChI=1S/C11H26N4/c1-5-13-11(15-12)14-10(4)8-6-7-9(2)3/h9-10H,5-8,12H2,1-4H3,(H2,13,14,15). The minimum Gasteiger partial charge on any atom is -0.353 e. The van der Waals surface area contributed by atoms with Gasteiger partial charge in [0.15, 0.2) is 0 Å². The highest BCUT2D eigenvalue weighted by molar-refractivity contribution is 5.79. The van der Waals surface area contributed by atoms with Gasteiger partial charge in [0.05, 0.1) is 0 Å². The summed E-state index contributed by atoms with van der Waals surface area (Å²) >= 11 is 0. The summed E-state index contributed by atoms with van der Waals surface area (Å²) in [6, 6.07) is 0.421. The van der Waals surface area contributed by atoms with Crippen molar-refractivity contribution >= 4 is 5.96 Å². The molecule has 1 atom stereocenters. The van der Waals surface area contributed by atoms with Gasteiger partial charge in [0.25, 0.3) is 0 Å². The van der Waals surface area contributed by atoms with Crippen LogP contribution in [0.2, 0.25) is 0 Å². The number of guanidine groups is 1. The largest absolute Gasteiger partial charge is 0.353 e. The molecule has 15 heavy (non-hydrogen) atoms. The monoisotopic (exact) mass is 214 g/mol. The number of hydrogen-bond donors (Lipinski definition) is 3. The van der Waals surface area contributed by atoms with E-state index in [9.17, 15) is 0 Å². The molecule has 0 amide bonds. The number of nitrogens with one attached hydrogen (secondary N) is 2. The highest BCUT2D eigenvalue weighted by atomic mass is 15.3. The Hall–Kier alpha value is -0.770. The molecule has 1 unspecified atom stereocenters. The Kier molecular flexibility index (Phi) is 8.09. The molecule has 4 N–H and O–H groups in total. The maximum absolute atomic E-state index is 5.34. The molecule has 0 rings (SSSR count). The quantitative estimate of drug-likeness (QED) is 0.272. The highest BCUT2D eigenvalue weighted by Gasteiger charge is 2.04. The fourth-order valence-corrected chi connectivity index (χ4v) is 1.43. The second kappa shape index (κ2) is 8.53. The molecule has 0 saturated carbocycles. The van der Waals surface area contributed by atoms with Crippen LogP contribution in [0.25, 0.3) is 0 Å². The van der Waals surface area contributed by atoms with E-state index in [0.717, 1.165) is 18.9 Å². The zero-order valence-electron chi connectivity index (χ0n) is 10.5. The van der Waals surface area contributed by atoms with Gasteiger partial charge in [-0.3, -0.25) is 10.4 Å². The van der Waals surface area contributed by atoms with Crippen LogP contribution in [0.4, 0.5) is 0 Å². The number of rotatable bonds is 6. The van der Waals surface area contributed by atoms with Crippen LogP contribution in [0.3, 0.4) is 0 Å². The molecule has 4 nitrogen and oxygen atoms in total. The van der Waals surface area contributed by atoms with Gasteiger partial charge in [-0.05, 0) is 26.2 Å². The van der Waals surface area contributed by atoms with Crippen molar-refractivity contribution in [3.8, 4) is 0 Å². The summed E-state index contributed by atoms with van der Waals surface area (Å²) < 4.78 is 0. The Morgan fingerprint density at radius 2 is 1.93 bits per heavy atom. The molecule has 0 aromatic heterocycles. The van der Waals surface area contributed by atoms with Crippen LogP contribution in [-0.2, 0) is 0 Å². The minimum absolute atomic E-state index is 0.421. The van der Waals surface area contributed by atoms with Crippen LogP contribution in [0.1, 0.15) is 47.0 Å². The Balaban J connectivity index is 3.71. The number of hydrogen-bond acceptors (Lipinski definition) is 2.